The van der Waals surface area contributed by atoms with E-state index in [1.165, 1.54) is 49.4 Å². The van der Waals surface area contributed by atoms with Crippen LogP contribution in [0.15, 0.2) is 42.5 Å². The lowest BCUT2D eigenvalue weighted by Gasteiger charge is -2.06. The van der Waals surface area contributed by atoms with Crippen LogP contribution in [0.2, 0.25) is 0 Å². The highest BCUT2D eigenvalue weighted by Crippen LogP contribution is 2.25. The minimum Gasteiger partial charge on any atom is -0.508 e. The molecule has 3 nitrogen and oxygen atoms in total. The first-order valence-corrected chi connectivity index (χ1v) is 7.77. The van der Waals surface area contributed by atoms with Gasteiger partial charge in [0.2, 0.25) is 0 Å². The van der Waals surface area contributed by atoms with Crippen molar-refractivity contribution in [2.24, 2.45) is 0 Å². The van der Waals surface area contributed by atoms with Crippen molar-refractivity contribution in [2.75, 3.05) is 0 Å². The fourth-order valence-electron chi connectivity index (χ4n) is 2.45. The van der Waals surface area contributed by atoms with Gasteiger partial charge in [-0.1, -0.05) is 50.5 Å². The summed E-state index contributed by atoms with van der Waals surface area (Å²) in [6.07, 6.45) is 5.91. The smallest absolute Gasteiger partial charge is 0.196 e. The Hall–Kier alpha value is -2.29. The SMILES string of the molecule is CCCCCCc1ccc(C(=O)c2ccc(O)cc2O)cc1. The van der Waals surface area contributed by atoms with Gasteiger partial charge in [0, 0.05) is 11.6 Å². The van der Waals surface area contributed by atoms with E-state index in [1.807, 2.05) is 12.1 Å². The van der Waals surface area contributed by atoms with E-state index in [1.54, 1.807) is 12.1 Å². The number of carbonyl (C=O) groups excluding carboxylic acids is 1. The van der Waals surface area contributed by atoms with Gasteiger partial charge < -0.3 is 10.2 Å². The molecule has 0 aromatic heterocycles. The Kier molecular flexibility index (Phi) is 5.59. The lowest BCUT2D eigenvalue weighted by molar-refractivity contribution is 0.103. The van der Waals surface area contributed by atoms with Crippen LogP contribution in [0.25, 0.3) is 0 Å². The van der Waals surface area contributed by atoms with Crippen molar-refractivity contribution < 1.29 is 15.0 Å². The summed E-state index contributed by atoms with van der Waals surface area (Å²) in [4.78, 5) is 12.3. The molecule has 0 atom stereocenters. The van der Waals surface area contributed by atoms with E-state index in [0.717, 1.165) is 6.42 Å². The molecule has 0 aliphatic carbocycles. The summed E-state index contributed by atoms with van der Waals surface area (Å²) in [5.41, 5.74) is 1.97. The van der Waals surface area contributed by atoms with Crippen LogP contribution in [0.1, 0.15) is 54.1 Å². The number of rotatable bonds is 7. The number of phenols is 2. The van der Waals surface area contributed by atoms with Gasteiger partial charge in [-0.05, 0) is 30.5 Å². The molecular formula is C19H22O3. The van der Waals surface area contributed by atoms with Crippen molar-refractivity contribution in [3.8, 4) is 11.5 Å². The first kappa shape index (κ1) is 16.1. The third-order valence-corrected chi connectivity index (χ3v) is 3.76. The highest BCUT2D eigenvalue weighted by Gasteiger charge is 2.13. The number of hydrogen-bond donors (Lipinski definition) is 2. The van der Waals surface area contributed by atoms with Crippen LogP contribution in [0.5, 0.6) is 11.5 Å². The second-order valence-corrected chi connectivity index (χ2v) is 5.54. The lowest BCUT2D eigenvalue weighted by atomic mass is 9.99. The third-order valence-electron chi connectivity index (χ3n) is 3.76. The summed E-state index contributed by atoms with van der Waals surface area (Å²) in [6.45, 7) is 2.19. The second kappa shape index (κ2) is 7.64. The summed E-state index contributed by atoms with van der Waals surface area (Å²) < 4.78 is 0. The van der Waals surface area contributed by atoms with Crippen LogP contribution < -0.4 is 0 Å². The third kappa shape index (κ3) is 4.10. The summed E-state index contributed by atoms with van der Waals surface area (Å²) >= 11 is 0. The number of carbonyl (C=O) groups is 1. The molecule has 0 fully saturated rings. The maximum atomic E-state index is 12.3. The van der Waals surface area contributed by atoms with Crippen molar-refractivity contribution in [3.05, 3.63) is 59.2 Å². The summed E-state index contributed by atoms with van der Waals surface area (Å²) in [5.74, 6) is -0.500. The molecule has 0 saturated heterocycles. The molecule has 0 unspecified atom stereocenters. The number of benzene rings is 2. The van der Waals surface area contributed by atoms with Gasteiger partial charge in [-0.3, -0.25) is 4.79 Å². The molecule has 22 heavy (non-hydrogen) atoms. The predicted octanol–water partition coefficient (Wildman–Crippen LogP) is 4.45. The van der Waals surface area contributed by atoms with Crippen molar-refractivity contribution in [3.63, 3.8) is 0 Å². The first-order valence-electron chi connectivity index (χ1n) is 7.77. The van der Waals surface area contributed by atoms with Crippen LogP contribution in [-0.2, 0) is 6.42 Å². The van der Waals surface area contributed by atoms with Crippen LogP contribution in [0, 0.1) is 0 Å². The zero-order chi connectivity index (χ0) is 15.9. The Morgan fingerprint density at radius 1 is 0.955 bits per heavy atom. The molecule has 0 heterocycles. The molecule has 0 aliphatic heterocycles. The van der Waals surface area contributed by atoms with Gasteiger partial charge in [-0.2, -0.15) is 0 Å². The fourth-order valence-corrected chi connectivity index (χ4v) is 2.45. The van der Waals surface area contributed by atoms with E-state index in [4.69, 9.17) is 0 Å². The lowest BCUT2D eigenvalue weighted by Crippen LogP contribution is -2.01. The average Bonchev–Trinajstić information content (AvgIpc) is 2.52. The van der Waals surface area contributed by atoms with Gasteiger partial charge in [0.1, 0.15) is 11.5 Å². The van der Waals surface area contributed by atoms with E-state index < -0.39 is 0 Å². The molecule has 3 heteroatoms. The monoisotopic (exact) mass is 298 g/mol. The molecule has 2 N–H and O–H groups in total. The van der Waals surface area contributed by atoms with Crippen LogP contribution >= 0.6 is 0 Å². The molecule has 2 rings (SSSR count). The summed E-state index contributed by atoms with van der Waals surface area (Å²) in [7, 11) is 0. The standard InChI is InChI=1S/C19H22O3/c1-2-3-4-5-6-14-7-9-15(10-8-14)19(22)17-12-11-16(20)13-18(17)21/h7-13,20-21H,2-6H2,1H3. The predicted molar refractivity (Wildman–Crippen MR) is 87.5 cm³/mol. The molecule has 0 amide bonds. The molecule has 116 valence electrons. The fraction of sp³-hybridized carbons (Fsp3) is 0.316. The number of phenolic OH excluding ortho intramolecular Hbond substituents is 2. The maximum absolute atomic E-state index is 12.3. The van der Waals surface area contributed by atoms with Gasteiger partial charge >= 0.3 is 0 Å². The Morgan fingerprint density at radius 2 is 1.68 bits per heavy atom. The minimum absolute atomic E-state index is 0.0588. The topological polar surface area (TPSA) is 57.5 Å². The molecule has 0 spiro atoms. The summed E-state index contributed by atoms with van der Waals surface area (Å²) in [6, 6.07) is 11.5. The Balaban J connectivity index is 2.04. The number of hydrogen-bond acceptors (Lipinski definition) is 3. The zero-order valence-electron chi connectivity index (χ0n) is 12.9. The highest BCUT2D eigenvalue weighted by atomic mass is 16.3. The minimum atomic E-state index is -0.241. The number of aryl methyl sites for hydroxylation is 1. The van der Waals surface area contributed by atoms with Gasteiger partial charge in [0.15, 0.2) is 5.78 Å². The Labute approximate surface area is 131 Å². The van der Waals surface area contributed by atoms with Crippen molar-refractivity contribution in [2.45, 2.75) is 39.0 Å². The molecule has 2 aromatic rings. The van der Waals surface area contributed by atoms with E-state index in [-0.39, 0.29) is 22.8 Å². The highest BCUT2D eigenvalue weighted by molar-refractivity contribution is 6.10. The van der Waals surface area contributed by atoms with Crippen LogP contribution in [0.3, 0.4) is 0 Å². The zero-order valence-corrected chi connectivity index (χ0v) is 12.9. The quantitative estimate of drug-likeness (QED) is 0.586. The van der Waals surface area contributed by atoms with Gasteiger partial charge in [-0.25, -0.2) is 0 Å². The maximum Gasteiger partial charge on any atom is 0.196 e. The van der Waals surface area contributed by atoms with E-state index in [9.17, 15) is 15.0 Å². The summed E-state index contributed by atoms with van der Waals surface area (Å²) in [5, 5.41) is 19.0. The van der Waals surface area contributed by atoms with Crippen molar-refractivity contribution in [1.29, 1.82) is 0 Å². The number of aromatic hydroxyl groups is 2. The second-order valence-electron chi connectivity index (χ2n) is 5.54. The number of ketones is 1. The Morgan fingerprint density at radius 3 is 2.32 bits per heavy atom. The largest absolute Gasteiger partial charge is 0.508 e. The van der Waals surface area contributed by atoms with E-state index in [2.05, 4.69) is 6.92 Å². The van der Waals surface area contributed by atoms with Gasteiger partial charge in [0.25, 0.3) is 0 Å². The molecule has 2 aromatic carbocycles. The first-order chi connectivity index (χ1) is 10.6. The molecular weight excluding hydrogens is 276 g/mol. The van der Waals surface area contributed by atoms with Crippen molar-refractivity contribution >= 4 is 5.78 Å². The molecule has 0 aliphatic rings. The Bertz CT molecular complexity index is 630. The van der Waals surface area contributed by atoms with Crippen LogP contribution in [-0.4, -0.2) is 16.0 Å². The van der Waals surface area contributed by atoms with Crippen LogP contribution in [0.4, 0.5) is 0 Å². The van der Waals surface area contributed by atoms with Gasteiger partial charge in [-0.15, -0.1) is 0 Å². The molecule has 0 bridgehead atoms. The number of unbranched alkanes of at least 4 members (excludes halogenated alkanes) is 3. The molecule has 0 saturated carbocycles. The van der Waals surface area contributed by atoms with E-state index >= 15 is 0 Å². The normalized spacial score (nSPS) is 10.6. The average molecular weight is 298 g/mol. The van der Waals surface area contributed by atoms with Crippen molar-refractivity contribution in [1.82, 2.24) is 0 Å². The van der Waals surface area contributed by atoms with E-state index in [0.29, 0.717) is 5.56 Å². The molecule has 0 radical (unpaired) electrons. The van der Waals surface area contributed by atoms with Gasteiger partial charge in [0.05, 0.1) is 5.56 Å².